The van der Waals surface area contributed by atoms with Crippen LogP contribution in [0.2, 0.25) is 5.02 Å². The standard InChI is InChI=1S/C12H11BrClFO2/c13-8-6-10(15)7(5-9(8)14)12(16)11-3-1-2-4-17-11/h5-6,11H,1-4H2. The highest BCUT2D eigenvalue weighted by molar-refractivity contribution is 9.10. The minimum atomic E-state index is -0.569. The van der Waals surface area contributed by atoms with Crippen LogP contribution >= 0.6 is 27.5 Å². The molecule has 0 aromatic heterocycles. The fraction of sp³-hybridized carbons (Fsp3) is 0.417. The van der Waals surface area contributed by atoms with Gasteiger partial charge in [0.1, 0.15) is 11.9 Å². The molecule has 1 aliphatic heterocycles. The van der Waals surface area contributed by atoms with Crippen LogP contribution in [0.1, 0.15) is 29.6 Å². The summed E-state index contributed by atoms with van der Waals surface area (Å²) in [6.45, 7) is 0.558. The summed E-state index contributed by atoms with van der Waals surface area (Å²) in [6.07, 6.45) is 2.00. The molecule has 2 rings (SSSR count). The molecule has 0 radical (unpaired) electrons. The molecule has 1 fully saturated rings. The molecule has 0 spiro atoms. The molecule has 1 heterocycles. The van der Waals surface area contributed by atoms with Gasteiger partial charge in [0.15, 0.2) is 5.78 Å². The van der Waals surface area contributed by atoms with Crippen LogP contribution in [0.25, 0.3) is 0 Å². The van der Waals surface area contributed by atoms with Gasteiger partial charge in [-0.15, -0.1) is 0 Å². The van der Waals surface area contributed by atoms with E-state index in [-0.39, 0.29) is 11.3 Å². The first kappa shape index (κ1) is 13.0. The highest BCUT2D eigenvalue weighted by Gasteiger charge is 2.26. The molecule has 0 amide bonds. The van der Waals surface area contributed by atoms with Gasteiger partial charge in [-0.05, 0) is 47.3 Å². The zero-order valence-electron chi connectivity index (χ0n) is 9.01. The average Bonchev–Trinajstić information content (AvgIpc) is 2.34. The van der Waals surface area contributed by atoms with Crippen LogP contribution in [-0.2, 0) is 4.74 Å². The molecule has 0 N–H and O–H groups in total. The molecule has 5 heteroatoms. The summed E-state index contributed by atoms with van der Waals surface area (Å²) in [4.78, 5) is 12.0. The molecule has 1 aliphatic rings. The lowest BCUT2D eigenvalue weighted by molar-refractivity contribution is 0.0183. The number of carbonyl (C=O) groups is 1. The van der Waals surface area contributed by atoms with Gasteiger partial charge in [0.25, 0.3) is 0 Å². The fourth-order valence-corrected chi connectivity index (χ4v) is 2.31. The van der Waals surface area contributed by atoms with Gasteiger partial charge in [0.05, 0.1) is 10.6 Å². The Bertz CT molecular complexity index is 444. The molecule has 0 bridgehead atoms. The third-order valence-corrected chi connectivity index (χ3v) is 3.94. The average molecular weight is 322 g/mol. The second kappa shape index (κ2) is 5.46. The Balaban J connectivity index is 2.26. The van der Waals surface area contributed by atoms with Gasteiger partial charge in [-0.3, -0.25) is 4.79 Å². The number of ether oxygens (including phenoxy) is 1. The van der Waals surface area contributed by atoms with Crippen molar-refractivity contribution in [1.29, 1.82) is 0 Å². The number of hydrogen-bond acceptors (Lipinski definition) is 2. The topological polar surface area (TPSA) is 26.3 Å². The van der Waals surface area contributed by atoms with Crippen molar-refractivity contribution in [3.63, 3.8) is 0 Å². The van der Waals surface area contributed by atoms with Crippen LogP contribution in [0.3, 0.4) is 0 Å². The van der Waals surface area contributed by atoms with E-state index in [4.69, 9.17) is 16.3 Å². The van der Waals surface area contributed by atoms with Crippen molar-refractivity contribution in [2.45, 2.75) is 25.4 Å². The summed E-state index contributed by atoms with van der Waals surface area (Å²) in [7, 11) is 0. The molecule has 17 heavy (non-hydrogen) atoms. The normalized spacial score (nSPS) is 20.3. The number of halogens is 3. The lowest BCUT2D eigenvalue weighted by Gasteiger charge is -2.21. The van der Waals surface area contributed by atoms with Crippen molar-refractivity contribution in [3.8, 4) is 0 Å². The van der Waals surface area contributed by atoms with Crippen LogP contribution in [0.15, 0.2) is 16.6 Å². The minimum absolute atomic E-state index is 0.00472. The Hall–Kier alpha value is -0.450. The first-order chi connectivity index (χ1) is 8.09. The zero-order valence-corrected chi connectivity index (χ0v) is 11.4. The largest absolute Gasteiger partial charge is 0.370 e. The van der Waals surface area contributed by atoms with E-state index in [2.05, 4.69) is 15.9 Å². The third kappa shape index (κ3) is 2.87. The number of rotatable bonds is 2. The number of Topliss-reactive ketones (excluding diaryl/α,β-unsaturated/α-hetero) is 1. The van der Waals surface area contributed by atoms with Crippen molar-refractivity contribution < 1.29 is 13.9 Å². The molecule has 92 valence electrons. The number of carbonyl (C=O) groups excluding carboxylic acids is 1. The summed E-state index contributed by atoms with van der Waals surface area (Å²) >= 11 is 8.97. The Morgan fingerprint density at radius 3 is 2.88 bits per heavy atom. The summed E-state index contributed by atoms with van der Waals surface area (Å²) < 4.78 is 19.5. The van der Waals surface area contributed by atoms with E-state index in [1.54, 1.807) is 0 Å². The summed E-state index contributed by atoms with van der Waals surface area (Å²) in [5.41, 5.74) is 0.00472. The second-order valence-electron chi connectivity index (χ2n) is 3.97. The molecule has 1 atom stereocenters. The van der Waals surface area contributed by atoms with Gasteiger partial charge >= 0.3 is 0 Å². The molecule has 2 nitrogen and oxygen atoms in total. The quantitative estimate of drug-likeness (QED) is 0.608. The number of benzene rings is 1. The van der Waals surface area contributed by atoms with Crippen molar-refractivity contribution in [2.75, 3.05) is 6.61 Å². The monoisotopic (exact) mass is 320 g/mol. The van der Waals surface area contributed by atoms with E-state index in [9.17, 15) is 9.18 Å². The lowest BCUT2D eigenvalue weighted by Crippen LogP contribution is -2.28. The molecule has 1 saturated heterocycles. The predicted octanol–water partition coefficient (Wildman–Crippen LogP) is 3.99. The lowest BCUT2D eigenvalue weighted by atomic mass is 9.99. The fourth-order valence-electron chi connectivity index (χ4n) is 1.83. The smallest absolute Gasteiger partial charge is 0.194 e. The van der Waals surface area contributed by atoms with Gasteiger partial charge in [0.2, 0.25) is 0 Å². The van der Waals surface area contributed by atoms with E-state index in [1.165, 1.54) is 12.1 Å². The van der Waals surface area contributed by atoms with Crippen LogP contribution in [0, 0.1) is 5.82 Å². The van der Waals surface area contributed by atoms with Crippen LogP contribution in [-0.4, -0.2) is 18.5 Å². The maximum atomic E-state index is 13.7. The zero-order chi connectivity index (χ0) is 12.4. The van der Waals surface area contributed by atoms with Crippen molar-refractivity contribution >= 4 is 33.3 Å². The molecule has 0 aliphatic carbocycles. The van der Waals surface area contributed by atoms with Crippen LogP contribution < -0.4 is 0 Å². The van der Waals surface area contributed by atoms with Crippen molar-refractivity contribution in [3.05, 3.63) is 33.0 Å². The first-order valence-corrected chi connectivity index (χ1v) is 6.57. The highest BCUT2D eigenvalue weighted by atomic mass is 79.9. The van der Waals surface area contributed by atoms with E-state index in [0.29, 0.717) is 22.5 Å². The Morgan fingerprint density at radius 1 is 1.47 bits per heavy atom. The second-order valence-corrected chi connectivity index (χ2v) is 5.23. The molecule has 1 aromatic rings. The number of ketones is 1. The van der Waals surface area contributed by atoms with Crippen molar-refractivity contribution in [2.24, 2.45) is 0 Å². The van der Waals surface area contributed by atoms with E-state index >= 15 is 0 Å². The Morgan fingerprint density at radius 2 is 2.24 bits per heavy atom. The Labute approximate surface area is 112 Å². The maximum Gasteiger partial charge on any atom is 0.194 e. The molecular weight excluding hydrogens is 310 g/mol. The minimum Gasteiger partial charge on any atom is -0.370 e. The van der Waals surface area contributed by atoms with Gasteiger partial charge < -0.3 is 4.74 Å². The molecular formula is C12H11BrClFO2. The van der Waals surface area contributed by atoms with E-state index in [1.807, 2.05) is 0 Å². The van der Waals surface area contributed by atoms with E-state index < -0.39 is 11.9 Å². The molecule has 1 unspecified atom stereocenters. The van der Waals surface area contributed by atoms with Crippen LogP contribution in [0.4, 0.5) is 4.39 Å². The summed E-state index contributed by atoms with van der Waals surface area (Å²) in [5.74, 6) is -0.892. The van der Waals surface area contributed by atoms with Crippen molar-refractivity contribution in [1.82, 2.24) is 0 Å². The highest BCUT2D eigenvalue weighted by Crippen LogP contribution is 2.27. The summed E-state index contributed by atoms with van der Waals surface area (Å²) in [5, 5.41) is 0.325. The van der Waals surface area contributed by atoms with Crippen LogP contribution in [0.5, 0.6) is 0 Å². The SMILES string of the molecule is O=C(c1cc(Cl)c(Br)cc1F)C1CCCCO1. The third-order valence-electron chi connectivity index (χ3n) is 2.75. The van der Waals surface area contributed by atoms with Gasteiger partial charge in [-0.1, -0.05) is 11.6 Å². The molecule has 0 saturated carbocycles. The maximum absolute atomic E-state index is 13.7. The number of hydrogen-bond donors (Lipinski definition) is 0. The predicted molar refractivity (Wildman–Crippen MR) is 67.0 cm³/mol. The first-order valence-electron chi connectivity index (χ1n) is 5.40. The summed E-state index contributed by atoms with van der Waals surface area (Å²) in [6, 6.07) is 2.56. The Kier molecular flexibility index (Phi) is 4.17. The van der Waals surface area contributed by atoms with Gasteiger partial charge in [-0.2, -0.15) is 0 Å². The molecule has 1 aromatic carbocycles. The van der Waals surface area contributed by atoms with Gasteiger partial charge in [0, 0.05) is 11.1 Å². The van der Waals surface area contributed by atoms with Gasteiger partial charge in [-0.25, -0.2) is 4.39 Å². The van der Waals surface area contributed by atoms with E-state index in [0.717, 1.165) is 12.8 Å².